The maximum Gasteiger partial charge on any atom is 0.240 e. The summed E-state index contributed by atoms with van der Waals surface area (Å²) in [6, 6.07) is 5.23. The van der Waals surface area contributed by atoms with Crippen molar-refractivity contribution in [1.82, 2.24) is 20.2 Å². The van der Waals surface area contributed by atoms with Crippen molar-refractivity contribution in [3.05, 3.63) is 47.3 Å². The molecule has 100 valence electrons. The van der Waals surface area contributed by atoms with E-state index >= 15 is 0 Å². The molecular weight excluding hydrogens is 264 g/mol. The Hall–Kier alpha value is -1.70. The van der Waals surface area contributed by atoms with Gasteiger partial charge in [0.15, 0.2) is 0 Å². The third kappa shape index (κ3) is 2.53. The molecule has 0 fully saturated rings. The number of nitrogens with zero attached hydrogens (tertiary/aromatic N) is 1. The second-order valence-electron chi connectivity index (χ2n) is 4.47. The van der Waals surface area contributed by atoms with E-state index in [1.165, 1.54) is 0 Å². The summed E-state index contributed by atoms with van der Waals surface area (Å²) in [5.41, 5.74) is 3.01. The van der Waals surface area contributed by atoms with E-state index in [-0.39, 0.29) is 6.54 Å². The first-order valence-electron chi connectivity index (χ1n) is 5.95. The van der Waals surface area contributed by atoms with Crippen molar-refractivity contribution in [1.29, 1.82) is 0 Å². The SMILES string of the molecule is O=S(=O)(NCc1cn[nH]c1)c1ccc2c(c1)CNC2. The van der Waals surface area contributed by atoms with Gasteiger partial charge in [-0.15, -0.1) is 0 Å². The molecule has 1 aliphatic heterocycles. The summed E-state index contributed by atoms with van der Waals surface area (Å²) >= 11 is 0. The number of fused-ring (bicyclic) bond motifs is 1. The molecule has 0 saturated carbocycles. The molecule has 3 rings (SSSR count). The molecule has 7 heteroatoms. The minimum absolute atomic E-state index is 0.230. The van der Waals surface area contributed by atoms with Crippen molar-refractivity contribution < 1.29 is 8.42 Å². The Kier molecular flexibility index (Phi) is 3.09. The Morgan fingerprint density at radius 2 is 2.11 bits per heavy atom. The highest BCUT2D eigenvalue weighted by Crippen LogP contribution is 2.20. The Morgan fingerprint density at radius 3 is 2.89 bits per heavy atom. The van der Waals surface area contributed by atoms with E-state index in [1.54, 1.807) is 24.5 Å². The molecule has 1 aliphatic rings. The zero-order chi connectivity index (χ0) is 13.3. The van der Waals surface area contributed by atoms with Gasteiger partial charge in [0.1, 0.15) is 0 Å². The summed E-state index contributed by atoms with van der Waals surface area (Å²) in [7, 11) is -3.48. The van der Waals surface area contributed by atoms with Gasteiger partial charge in [0, 0.05) is 31.4 Å². The summed E-state index contributed by atoms with van der Waals surface area (Å²) in [5, 5.41) is 9.61. The van der Waals surface area contributed by atoms with Crippen molar-refractivity contribution >= 4 is 10.0 Å². The van der Waals surface area contributed by atoms with Crippen LogP contribution in [0, 0.1) is 0 Å². The molecule has 0 saturated heterocycles. The maximum absolute atomic E-state index is 12.2. The van der Waals surface area contributed by atoms with Gasteiger partial charge < -0.3 is 5.32 Å². The molecule has 0 aliphatic carbocycles. The largest absolute Gasteiger partial charge is 0.309 e. The zero-order valence-corrected chi connectivity index (χ0v) is 11.0. The van der Waals surface area contributed by atoms with Gasteiger partial charge in [-0.2, -0.15) is 5.10 Å². The average molecular weight is 278 g/mol. The monoisotopic (exact) mass is 278 g/mol. The van der Waals surface area contributed by atoms with Crippen LogP contribution in [0.3, 0.4) is 0 Å². The van der Waals surface area contributed by atoms with E-state index in [2.05, 4.69) is 20.2 Å². The average Bonchev–Trinajstić information content (AvgIpc) is 3.06. The number of aromatic amines is 1. The molecule has 19 heavy (non-hydrogen) atoms. The van der Waals surface area contributed by atoms with Gasteiger partial charge in [0.05, 0.1) is 11.1 Å². The van der Waals surface area contributed by atoms with E-state index in [4.69, 9.17) is 0 Å². The van der Waals surface area contributed by atoms with E-state index < -0.39 is 10.0 Å². The van der Waals surface area contributed by atoms with E-state index in [9.17, 15) is 8.42 Å². The zero-order valence-electron chi connectivity index (χ0n) is 10.2. The molecule has 1 aromatic heterocycles. The number of rotatable bonds is 4. The van der Waals surface area contributed by atoms with Crippen LogP contribution in [0.5, 0.6) is 0 Å². The Morgan fingerprint density at radius 1 is 1.26 bits per heavy atom. The number of aromatic nitrogens is 2. The van der Waals surface area contributed by atoms with Crippen molar-refractivity contribution in [2.24, 2.45) is 0 Å². The lowest BCUT2D eigenvalue weighted by Gasteiger charge is -2.07. The number of nitrogens with one attached hydrogen (secondary N) is 3. The first kappa shape index (κ1) is 12.3. The molecular formula is C12H14N4O2S. The first-order valence-corrected chi connectivity index (χ1v) is 7.43. The van der Waals surface area contributed by atoms with Crippen LogP contribution in [-0.4, -0.2) is 18.6 Å². The molecule has 1 aromatic carbocycles. The van der Waals surface area contributed by atoms with Gasteiger partial charge in [0.2, 0.25) is 10.0 Å². The molecule has 0 atom stereocenters. The molecule has 0 radical (unpaired) electrons. The van der Waals surface area contributed by atoms with Gasteiger partial charge in [-0.25, -0.2) is 13.1 Å². The van der Waals surface area contributed by atoms with Crippen LogP contribution in [0.2, 0.25) is 0 Å². The molecule has 6 nitrogen and oxygen atoms in total. The van der Waals surface area contributed by atoms with Gasteiger partial charge in [0.25, 0.3) is 0 Å². The number of hydrogen-bond acceptors (Lipinski definition) is 4. The lowest BCUT2D eigenvalue weighted by molar-refractivity contribution is 0.581. The van der Waals surface area contributed by atoms with Gasteiger partial charge in [-0.05, 0) is 23.3 Å². The number of benzene rings is 1. The highest BCUT2D eigenvalue weighted by Gasteiger charge is 2.17. The second-order valence-corrected chi connectivity index (χ2v) is 6.23. The normalized spacial score (nSPS) is 14.5. The molecule has 3 N–H and O–H groups in total. The molecule has 2 heterocycles. The predicted octanol–water partition coefficient (Wildman–Crippen LogP) is 0.491. The van der Waals surface area contributed by atoms with Crippen LogP contribution in [-0.2, 0) is 29.7 Å². The fraction of sp³-hybridized carbons (Fsp3) is 0.250. The Balaban J connectivity index is 1.80. The van der Waals surface area contributed by atoms with Crippen LogP contribution in [0.1, 0.15) is 16.7 Å². The summed E-state index contributed by atoms with van der Waals surface area (Å²) < 4.78 is 26.9. The summed E-state index contributed by atoms with van der Waals surface area (Å²) in [6.07, 6.45) is 3.25. The summed E-state index contributed by atoms with van der Waals surface area (Å²) in [6.45, 7) is 1.76. The molecule has 0 spiro atoms. The fourth-order valence-electron chi connectivity index (χ4n) is 2.07. The smallest absolute Gasteiger partial charge is 0.240 e. The molecule has 2 aromatic rings. The predicted molar refractivity (Wildman–Crippen MR) is 69.6 cm³/mol. The van der Waals surface area contributed by atoms with Crippen molar-refractivity contribution in [3.8, 4) is 0 Å². The topological polar surface area (TPSA) is 86.9 Å². The third-order valence-corrected chi connectivity index (χ3v) is 4.54. The van der Waals surface area contributed by atoms with Crippen LogP contribution in [0.15, 0.2) is 35.5 Å². The standard InChI is InChI=1S/C12H14N4O2S/c17-19(18,16-6-9-4-14-15-5-9)12-2-1-10-7-13-8-11(10)3-12/h1-5,13,16H,6-8H2,(H,14,15). The molecule has 0 unspecified atom stereocenters. The molecule has 0 bridgehead atoms. The number of H-pyrrole nitrogens is 1. The maximum atomic E-state index is 12.2. The quantitative estimate of drug-likeness (QED) is 0.759. The highest BCUT2D eigenvalue weighted by molar-refractivity contribution is 7.89. The van der Waals surface area contributed by atoms with Crippen LogP contribution < -0.4 is 10.0 Å². The van der Waals surface area contributed by atoms with E-state index in [1.807, 2.05) is 6.07 Å². The van der Waals surface area contributed by atoms with Gasteiger partial charge in [-0.1, -0.05) is 6.07 Å². The lowest BCUT2D eigenvalue weighted by Crippen LogP contribution is -2.23. The summed E-state index contributed by atoms with van der Waals surface area (Å²) in [5.74, 6) is 0. The fourth-order valence-corrected chi connectivity index (χ4v) is 3.14. The highest BCUT2D eigenvalue weighted by atomic mass is 32.2. The Bertz CT molecular complexity index is 680. The second kappa shape index (κ2) is 4.76. The van der Waals surface area contributed by atoms with Crippen molar-refractivity contribution in [2.75, 3.05) is 0 Å². The summed E-state index contributed by atoms with van der Waals surface area (Å²) in [4.78, 5) is 0.304. The van der Waals surface area contributed by atoms with Crippen LogP contribution >= 0.6 is 0 Å². The van der Waals surface area contributed by atoms with Gasteiger partial charge in [-0.3, -0.25) is 5.10 Å². The van der Waals surface area contributed by atoms with Crippen molar-refractivity contribution in [2.45, 2.75) is 24.5 Å². The third-order valence-electron chi connectivity index (χ3n) is 3.14. The Labute approximate surface area is 111 Å². The van der Waals surface area contributed by atoms with Crippen LogP contribution in [0.25, 0.3) is 0 Å². The minimum atomic E-state index is -3.48. The minimum Gasteiger partial charge on any atom is -0.309 e. The number of sulfonamides is 1. The van der Waals surface area contributed by atoms with E-state index in [0.717, 1.165) is 29.8 Å². The lowest BCUT2D eigenvalue weighted by atomic mass is 10.1. The molecule has 0 amide bonds. The number of hydrogen-bond donors (Lipinski definition) is 3. The van der Waals surface area contributed by atoms with Crippen LogP contribution in [0.4, 0.5) is 0 Å². The van der Waals surface area contributed by atoms with Crippen molar-refractivity contribution in [3.63, 3.8) is 0 Å². The van der Waals surface area contributed by atoms with Gasteiger partial charge >= 0.3 is 0 Å². The van der Waals surface area contributed by atoms with E-state index in [0.29, 0.717) is 4.90 Å². The first-order chi connectivity index (χ1) is 9.15.